The van der Waals surface area contributed by atoms with Crippen molar-refractivity contribution in [1.29, 1.82) is 0 Å². The second kappa shape index (κ2) is 7.46. The number of nitrogens with zero attached hydrogens (tertiary/aromatic N) is 2. The SMILES string of the molecule is Cc1noc(C)c1-c1c(C(OC(C)(C)C)C(=O)O)c(C)nc2sc3c(c12)CCCC3. The minimum absolute atomic E-state index is 0.602. The van der Waals surface area contributed by atoms with Gasteiger partial charge >= 0.3 is 5.97 Å². The fourth-order valence-corrected chi connectivity index (χ4v) is 5.74. The molecule has 7 heteroatoms. The van der Waals surface area contributed by atoms with Crippen molar-refractivity contribution in [3.63, 3.8) is 0 Å². The molecule has 160 valence electrons. The van der Waals surface area contributed by atoms with Crippen LogP contribution in [-0.4, -0.2) is 26.8 Å². The van der Waals surface area contributed by atoms with Gasteiger partial charge in [-0.15, -0.1) is 11.3 Å². The van der Waals surface area contributed by atoms with Crippen molar-refractivity contribution >= 4 is 27.5 Å². The van der Waals surface area contributed by atoms with Gasteiger partial charge in [-0.05, 0) is 72.8 Å². The maximum Gasteiger partial charge on any atom is 0.337 e. The van der Waals surface area contributed by atoms with Gasteiger partial charge in [0.25, 0.3) is 0 Å². The van der Waals surface area contributed by atoms with Crippen LogP contribution in [0.1, 0.15) is 72.9 Å². The number of carbonyl (C=O) groups is 1. The minimum atomic E-state index is -1.13. The van der Waals surface area contributed by atoms with Crippen molar-refractivity contribution in [2.24, 2.45) is 0 Å². The lowest BCUT2D eigenvalue weighted by Crippen LogP contribution is -2.28. The predicted octanol–water partition coefficient (Wildman–Crippen LogP) is 5.70. The highest BCUT2D eigenvalue weighted by Crippen LogP contribution is 2.47. The van der Waals surface area contributed by atoms with Crippen molar-refractivity contribution in [1.82, 2.24) is 10.1 Å². The Bertz CT molecular complexity index is 1120. The molecule has 3 heterocycles. The molecule has 0 radical (unpaired) electrons. The van der Waals surface area contributed by atoms with Crippen LogP contribution in [0.3, 0.4) is 0 Å². The number of hydrogen-bond donors (Lipinski definition) is 1. The smallest absolute Gasteiger partial charge is 0.337 e. The summed E-state index contributed by atoms with van der Waals surface area (Å²) in [4.78, 5) is 19.6. The number of carboxylic acids is 1. The second-order valence-corrected chi connectivity index (χ2v) is 10.1. The zero-order valence-electron chi connectivity index (χ0n) is 18.4. The quantitative estimate of drug-likeness (QED) is 0.574. The number of ether oxygens (including phenoxy) is 1. The maximum absolute atomic E-state index is 12.4. The van der Waals surface area contributed by atoms with Crippen LogP contribution in [0.15, 0.2) is 4.52 Å². The van der Waals surface area contributed by atoms with Crippen LogP contribution >= 0.6 is 11.3 Å². The van der Waals surface area contributed by atoms with Crippen molar-refractivity contribution < 1.29 is 19.2 Å². The molecule has 1 N–H and O–H groups in total. The molecule has 0 fully saturated rings. The van der Waals surface area contributed by atoms with E-state index in [0.29, 0.717) is 17.0 Å². The van der Waals surface area contributed by atoms with E-state index in [1.54, 1.807) is 11.3 Å². The molecule has 4 rings (SSSR count). The summed E-state index contributed by atoms with van der Waals surface area (Å²) in [5.74, 6) is -0.345. The van der Waals surface area contributed by atoms with E-state index >= 15 is 0 Å². The van der Waals surface area contributed by atoms with Crippen molar-refractivity contribution in [2.75, 3.05) is 0 Å². The third-order valence-corrected chi connectivity index (χ3v) is 6.76. The Morgan fingerprint density at radius 1 is 1.13 bits per heavy atom. The van der Waals surface area contributed by atoms with Gasteiger partial charge in [0.15, 0.2) is 6.10 Å². The fourth-order valence-electron chi connectivity index (χ4n) is 4.42. The van der Waals surface area contributed by atoms with E-state index in [1.807, 2.05) is 41.5 Å². The first kappa shape index (κ1) is 21.0. The van der Waals surface area contributed by atoms with E-state index in [9.17, 15) is 9.90 Å². The molecule has 0 saturated carbocycles. The molecule has 0 saturated heterocycles. The van der Waals surface area contributed by atoms with Gasteiger partial charge in [-0.25, -0.2) is 9.78 Å². The van der Waals surface area contributed by atoms with Gasteiger partial charge in [-0.3, -0.25) is 0 Å². The minimum Gasteiger partial charge on any atom is -0.479 e. The molecule has 1 unspecified atom stereocenters. The summed E-state index contributed by atoms with van der Waals surface area (Å²) >= 11 is 1.73. The average molecular weight is 429 g/mol. The van der Waals surface area contributed by atoms with E-state index in [1.165, 1.54) is 16.9 Å². The van der Waals surface area contributed by atoms with Crippen LogP contribution in [0.5, 0.6) is 0 Å². The lowest BCUT2D eigenvalue weighted by molar-refractivity contribution is -0.160. The highest BCUT2D eigenvalue weighted by molar-refractivity contribution is 7.19. The molecule has 30 heavy (non-hydrogen) atoms. The highest BCUT2D eigenvalue weighted by Gasteiger charge is 2.35. The standard InChI is InChI=1S/C23H28N2O4S/c1-11-17(20(22(26)27)28-23(4,5)6)19(16-12(2)25-29-13(16)3)18-14-9-7-8-10-15(14)30-21(18)24-11/h20H,7-10H2,1-6H3,(H,26,27). The van der Waals surface area contributed by atoms with Crippen LogP contribution in [-0.2, 0) is 22.4 Å². The van der Waals surface area contributed by atoms with Crippen molar-refractivity contribution in [3.05, 3.63) is 33.2 Å². The monoisotopic (exact) mass is 428 g/mol. The summed E-state index contributed by atoms with van der Waals surface area (Å²) in [6, 6.07) is 0. The van der Waals surface area contributed by atoms with Gasteiger partial charge in [0, 0.05) is 32.6 Å². The number of thiophene rings is 1. The lowest BCUT2D eigenvalue weighted by atomic mass is 9.87. The van der Waals surface area contributed by atoms with Gasteiger partial charge in [0.2, 0.25) is 0 Å². The number of rotatable bonds is 4. The van der Waals surface area contributed by atoms with Crippen molar-refractivity contribution in [3.8, 4) is 11.1 Å². The Labute approximate surface area is 180 Å². The maximum atomic E-state index is 12.4. The molecule has 0 aliphatic heterocycles. The number of hydrogen-bond acceptors (Lipinski definition) is 6. The van der Waals surface area contributed by atoms with E-state index in [0.717, 1.165) is 46.3 Å². The lowest BCUT2D eigenvalue weighted by Gasteiger charge is -2.28. The molecular formula is C23H28N2O4S. The summed E-state index contributed by atoms with van der Waals surface area (Å²) in [5, 5.41) is 15.4. The Hall–Kier alpha value is -2.25. The molecule has 0 bridgehead atoms. The molecule has 1 aliphatic carbocycles. The molecular weight excluding hydrogens is 400 g/mol. The Kier molecular flexibility index (Phi) is 5.22. The molecule has 1 aliphatic rings. The second-order valence-electron chi connectivity index (χ2n) is 9.02. The summed E-state index contributed by atoms with van der Waals surface area (Å²) in [6.07, 6.45) is 3.20. The van der Waals surface area contributed by atoms with Gasteiger partial charge in [0.05, 0.1) is 11.3 Å². The largest absolute Gasteiger partial charge is 0.479 e. The van der Waals surface area contributed by atoms with E-state index in [4.69, 9.17) is 14.2 Å². The number of aryl methyl sites for hydroxylation is 5. The van der Waals surface area contributed by atoms with Crippen molar-refractivity contribution in [2.45, 2.75) is 78.9 Å². The number of aromatic nitrogens is 2. The summed E-state index contributed by atoms with van der Waals surface area (Å²) in [7, 11) is 0. The topological polar surface area (TPSA) is 85.5 Å². The number of carboxylic acid groups (broad SMARTS) is 1. The average Bonchev–Trinajstić information content (AvgIpc) is 3.17. The molecule has 0 aromatic carbocycles. The number of fused-ring (bicyclic) bond motifs is 3. The molecule has 3 aromatic heterocycles. The zero-order chi connectivity index (χ0) is 21.8. The van der Waals surface area contributed by atoms with Gasteiger partial charge in [-0.2, -0.15) is 0 Å². The first-order valence-electron chi connectivity index (χ1n) is 10.4. The summed E-state index contributed by atoms with van der Waals surface area (Å²) in [6.45, 7) is 11.2. The first-order chi connectivity index (χ1) is 14.1. The van der Waals surface area contributed by atoms with Crippen LogP contribution < -0.4 is 0 Å². The normalized spacial score (nSPS) is 15.4. The highest BCUT2D eigenvalue weighted by atomic mass is 32.1. The molecule has 3 aromatic rings. The van der Waals surface area contributed by atoms with Crippen LogP contribution in [0.25, 0.3) is 21.3 Å². The van der Waals surface area contributed by atoms with Crippen LogP contribution in [0, 0.1) is 20.8 Å². The summed E-state index contributed by atoms with van der Waals surface area (Å²) < 4.78 is 11.6. The van der Waals surface area contributed by atoms with Gasteiger partial charge in [0.1, 0.15) is 10.6 Å². The Morgan fingerprint density at radius 3 is 2.43 bits per heavy atom. The van der Waals surface area contributed by atoms with Crippen LogP contribution in [0.2, 0.25) is 0 Å². The van der Waals surface area contributed by atoms with Gasteiger partial charge in [-0.1, -0.05) is 5.16 Å². The molecule has 6 nitrogen and oxygen atoms in total. The van der Waals surface area contributed by atoms with E-state index in [-0.39, 0.29) is 0 Å². The molecule has 1 atom stereocenters. The zero-order valence-corrected chi connectivity index (χ0v) is 19.2. The molecule has 0 spiro atoms. The Morgan fingerprint density at radius 2 is 1.83 bits per heavy atom. The summed E-state index contributed by atoms with van der Waals surface area (Å²) in [5.41, 5.74) is 4.41. The van der Waals surface area contributed by atoms with Gasteiger partial charge < -0.3 is 14.4 Å². The first-order valence-corrected chi connectivity index (χ1v) is 11.2. The molecule has 0 amide bonds. The van der Waals surface area contributed by atoms with E-state index in [2.05, 4.69) is 5.16 Å². The van der Waals surface area contributed by atoms with Crippen LogP contribution in [0.4, 0.5) is 0 Å². The third kappa shape index (κ3) is 3.54. The predicted molar refractivity (Wildman–Crippen MR) is 117 cm³/mol. The number of aliphatic carboxylic acids is 1. The third-order valence-electron chi connectivity index (χ3n) is 5.57. The Balaban J connectivity index is 2.13. The fraction of sp³-hybridized carbons (Fsp3) is 0.522. The number of pyridine rings is 1. The van der Waals surface area contributed by atoms with E-state index < -0.39 is 17.7 Å².